The fourth-order valence-electron chi connectivity index (χ4n) is 2.11. The number of rotatable bonds is 8. The third-order valence-electron chi connectivity index (χ3n) is 3.39. The first kappa shape index (κ1) is 14.0. The molecule has 0 aliphatic carbocycles. The first-order chi connectivity index (χ1) is 6.60. The summed E-state index contributed by atoms with van der Waals surface area (Å²) in [5, 5.41) is 0. The van der Waals surface area contributed by atoms with E-state index in [0.717, 1.165) is 17.8 Å². The maximum Gasteiger partial charge on any atom is -0.0414 e. The predicted molar refractivity (Wildman–Crippen MR) is 66.5 cm³/mol. The van der Waals surface area contributed by atoms with Crippen molar-refractivity contribution in [2.75, 3.05) is 0 Å². The van der Waals surface area contributed by atoms with Crippen LogP contribution in [-0.2, 0) is 0 Å². The quantitative estimate of drug-likeness (QED) is 0.498. The third kappa shape index (κ3) is 7.41. The molecule has 0 saturated carbocycles. The smallest absolute Gasteiger partial charge is 0.0414 e. The Labute approximate surface area is 91.5 Å². The molecule has 0 heteroatoms. The van der Waals surface area contributed by atoms with Gasteiger partial charge in [0.1, 0.15) is 0 Å². The monoisotopic (exact) mass is 198 g/mol. The average molecular weight is 198 g/mol. The van der Waals surface area contributed by atoms with Crippen molar-refractivity contribution in [1.82, 2.24) is 0 Å². The molecule has 0 rings (SSSR count). The van der Waals surface area contributed by atoms with Gasteiger partial charge in [-0.2, -0.15) is 0 Å². The van der Waals surface area contributed by atoms with Crippen molar-refractivity contribution in [3.05, 3.63) is 0 Å². The maximum atomic E-state index is 2.38. The second-order valence-corrected chi connectivity index (χ2v) is 5.35. The van der Waals surface area contributed by atoms with Gasteiger partial charge < -0.3 is 0 Å². The van der Waals surface area contributed by atoms with Crippen LogP contribution in [0.15, 0.2) is 0 Å². The van der Waals surface area contributed by atoms with Crippen molar-refractivity contribution in [1.29, 1.82) is 0 Å². The lowest BCUT2D eigenvalue weighted by Crippen LogP contribution is -2.04. The molecular weight excluding hydrogens is 168 g/mol. The van der Waals surface area contributed by atoms with Crippen LogP contribution in [-0.4, -0.2) is 0 Å². The zero-order valence-corrected chi connectivity index (χ0v) is 11.0. The molecule has 0 aromatic carbocycles. The molecule has 0 saturated heterocycles. The van der Waals surface area contributed by atoms with Crippen molar-refractivity contribution in [3.63, 3.8) is 0 Å². The summed E-state index contributed by atoms with van der Waals surface area (Å²) in [5.74, 6) is 2.80. The Balaban J connectivity index is 3.52. The molecule has 14 heavy (non-hydrogen) atoms. The Morgan fingerprint density at radius 2 is 1.50 bits per heavy atom. The molecule has 86 valence electrons. The maximum absolute atomic E-state index is 2.38. The topological polar surface area (TPSA) is 0 Å². The summed E-state index contributed by atoms with van der Waals surface area (Å²) >= 11 is 0. The molecule has 0 fully saturated rings. The van der Waals surface area contributed by atoms with Crippen LogP contribution in [0.5, 0.6) is 0 Å². The summed E-state index contributed by atoms with van der Waals surface area (Å²) in [5.41, 5.74) is 0. The lowest BCUT2D eigenvalue weighted by molar-refractivity contribution is 0.349. The molecule has 0 aromatic rings. The molecule has 2 unspecified atom stereocenters. The summed E-state index contributed by atoms with van der Waals surface area (Å²) in [4.78, 5) is 0. The van der Waals surface area contributed by atoms with Crippen molar-refractivity contribution < 1.29 is 0 Å². The standard InChI is InChI=1S/C14H30/c1-6-13(5)9-8-10-14(7-2)11-12(3)4/h12-14H,6-11H2,1-5H3. The van der Waals surface area contributed by atoms with E-state index in [2.05, 4.69) is 34.6 Å². The summed E-state index contributed by atoms with van der Waals surface area (Å²) in [6.07, 6.45) is 8.49. The fourth-order valence-corrected chi connectivity index (χ4v) is 2.11. The minimum atomic E-state index is 0.878. The molecule has 0 radical (unpaired) electrons. The fraction of sp³-hybridized carbons (Fsp3) is 1.00. The normalized spacial score (nSPS) is 15.9. The highest BCUT2D eigenvalue weighted by atomic mass is 14.1. The van der Waals surface area contributed by atoms with Crippen LogP contribution in [0.25, 0.3) is 0 Å². The van der Waals surface area contributed by atoms with E-state index in [9.17, 15) is 0 Å². The highest BCUT2D eigenvalue weighted by Crippen LogP contribution is 2.22. The summed E-state index contributed by atoms with van der Waals surface area (Å²) in [7, 11) is 0. The van der Waals surface area contributed by atoms with Gasteiger partial charge in [-0.3, -0.25) is 0 Å². The Hall–Kier alpha value is 0. The third-order valence-corrected chi connectivity index (χ3v) is 3.39. The van der Waals surface area contributed by atoms with Gasteiger partial charge in [-0.05, 0) is 24.2 Å². The first-order valence-electron chi connectivity index (χ1n) is 6.60. The first-order valence-corrected chi connectivity index (χ1v) is 6.60. The highest BCUT2D eigenvalue weighted by Gasteiger charge is 2.09. The van der Waals surface area contributed by atoms with Gasteiger partial charge in [-0.25, -0.2) is 0 Å². The summed E-state index contributed by atoms with van der Waals surface area (Å²) in [6.45, 7) is 11.7. The largest absolute Gasteiger partial charge is 0.0651 e. The van der Waals surface area contributed by atoms with E-state index in [1.165, 1.54) is 38.5 Å². The van der Waals surface area contributed by atoms with Crippen LogP contribution in [0.4, 0.5) is 0 Å². The summed E-state index contributed by atoms with van der Waals surface area (Å²) in [6, 6.07) is 0. The lowest BCUT2D eigenvalue weighted by Gasteiger charge is -2.17. The van der Waals surface area contributed by atoms with Gasteiger partial charge in [-0.1, -0.05) is 66.7 Å². The SMILES string of the molecule is CCC(C)CCCC(CC)CC(C)C. The van der Waals surface area contributed by atoms with E-state index in [1.54, 1.807) is 0 Å². The van der Waals surface area contributed by atoms with Gasteiger partial charge in [-0.15, -0.1) is 0 Å². The van der Waals surface area contributed by atoms with Gasteiger partial charge in [0.25, 0.3) is 0 Å². The second kappa shape index (κ2) is 8.32. The molecule has 0 aliphatic heterocycles. The van der Waals surface area contributed by atoms with Crippen LogP contribution in [0.1, 0.15) is 73.1 Å². The minimum Gasteiger partial charge on any atom is -0.0651 e. The molecule has 0 amide bonds. The number of hydrogen-bond donors (Lipinski definition) is 0. The second-order valence-electron chi connectivity index (χ2n) is 5.35. The Morgan fingerprint density at radius 1 is 0.857 bits per heavy atom. The van der Waals surface area contributed by atoms with E-state index in [-0.39, 0.29) is 0 Å². The molecule has 0 aliphatic rings. The van der Waals surface area contributed by atoms with E-state index in [4.69, 9.17) is 0 Å². The van der Waals surface area contributed by atoms with Crippen molar-refractivity contribution >= 4 is 0 Å². The van der Waals surface area contributed by atoms with Crippen molar-refractivity contribution in [3.8, 4) is 0 Å². The van der Waals surface area contributed by atoms with Crippen molar-refractivity contribution in [2.24, 2.45) is 17.8 Å². The van der Waals surface area contributed by atoms with Gasteiger partial charge >= 0.3 is 0 Å². The molecule has 0 bridgehead atoms. The zero-order chi connectivity index (χ0) is 11.0. The number of hydrogen-bond acceptors (Lipinski definition) is 0. The van der Waals surface area contributed by atoms with E-state index >= 15 is 0 Å². The van der Waals surface area contributed by atoms with Gasteiger partial charge in [0, 0.05) is 0 Å². The molecule has 0 nitrogen and oxygen atoms in total. The molecule has 0 heterocycles. The molecule has 0 spiro atoms. The van der Waals surface area contributed by atoms with Gasteiger partial charge in [0.05, 0.1) is 0 Å². The van der Waals surface area contributed by atoms with Crippen molar-refractivity contribution in [2.45, 2.75) is 73.1 Å². The summed E-state index contributed by atoms with van der Waals surface area (Å²) < 4.78 is 0. The lowest BCUT2D eigenvalue weighted by atomic mass is 9.89. The van der Waals surface area contributed by atoms with Crippen LogP contribution in [0.2, 0.25) is 0 Å². The highest BCUT2D eigenvalue weighted by molar-refractivity contribution is 4.61. The van der Waals surface area contributed by atoms with Crippen LogP contribution in [0.3, 0.4) is 0 Å². The zero-order valence-electron chi connectivity index (χ0n) is 11.0. The Bertz CT molecular complexity index is 115. The molecule has 0 N–H and O–H groups in total. The average Bonchev–Trinajstić information content (AvgIpc) is 2.15. The molecular formula is C14H30. The molecule has 0 aromatic heterocycles. The molecule has 2 atom stereocenters. The van der Waals surface area contributed by atoms with E-state index in [1.807, 2.05) is 0 Å². The van der Waals surface area contributed by atoms with E-state index < -0.39 is 0 Å². The van der Waals surface area contributed by atoms with Crippen LogP contribution in [0, 0.1) is 17.8 Å². The van der Waals surface area contributed by atoms with Crippen LogP contribution >= 0.6 is 0 Å². The predicted octanol–water partition coefficient (Wildman–Crippen LogP) is 5.28. The minimum absolute atomic E-state index is 0.878. The Morgan fingerprint density at radius 3 is 1.93 bits per heavy atom. The Kier molecular flexibility index (Phi) is 8.32. The van der Waals surface area contributed by atoms with Gasteiger partial charge in [0.2, 0.25) is 0 Å². The van der Waals surface area contributed by atoms with Gasteiger partial charge in [0.15, 0.2) is 0 Å². The van der Waals surface area contributed by atoms with Crippen LogP contribution < -0.4 is 0 Å². The van der Waals surface area contributed by atoms with E-state index in [0.29, 0.717) is 0 Å².